The minimum atomic E-state index is -0.110. The van der Waals surface area contributed by atoms with Gasteiger partial charge < -0.3 is 10.0 Å². The molecule has 1 saturated heterocycles. The van der Waals surface area contributed by atoms with Gasteiger partial charge in [0.1, 0.15) is 11.5 Å². The second kappa shape index (κ2) is 4.33. The maximum absolute atomic E-state index is 12.1. The van der Waals surface area contributed by atoms with Crippen molar-refractivity contribution in [2.75, 3.05) is 6.54 Å². The van der Waals surface area contributed by atoms with Crippen molar-refractivity contribution in [1.82, 2.24) is 4.90 Å². The van der Waals surface area contributed by atoms with Crippen molar-refractivity contribution in [2.24, 2.45) is 5.92 Å². The number of phenols is 1. The fourth-order valence-corrected chi connectivity index (χ4v) is 5.00. The van der Waals surface area contributed by atoms with Crippen LogP contribution in [0.4, 0.5) is 0 Å². The first-order valence-corrected chi connectivity index (χ1v) is 7.69. The van der Waals surface area contributed by atoms with Gasteiger partial charge in [0, 0.05) is 30.8 Å². The number of rotatable bonds is 1. The molecule has 4 nitrogen and oxygen atoms in total. The smallest absolute Gasteiger partial charge is 0.209 e. The van der Waals surface area contributed by atoms with Gasteiger partial charge in [-0.2, -0.15) is 0 Å². The zero-order chi connectivity index (χ0) is 14.6. The van der Waals surface area contributed by atoms with Crippen LogP contribution in [0, 0.1) is 5.92 Å². The number of likely N-dealkylation sites (tertiary alicyclic amines) is 1. The lowest BCUT2D eigenvalue weighted by molar-refractivity contribution is -0.132. The third kappa shape index (κ3) is 1.68. The second-order valence-corrected chi connectivity index (χ2v) is 6.72. The first-order chi connectivity index (χ1) is 10.1. The van der Waals surface area contributed by atoms with Gasteiger partial charge in [-0.1, -0.05) is 6.07 Å². The summed E-state index contributed by atoms with van der Waals surface area (Å²) in [5.41, 5.74) is 2.23. The Balaban J connectivity index is 1.90. The number of amides is 1. The van der Waals surface area contributed by atoms with Crippen LogP contribution >= 0.6 is 0 Å². The Morgan fingerprint density at radius 2 is 2.24 bits per heavy atom. The minimum Gasteiger partial charge on any atom is -0.508 e. The highest BCUT2D eigenvalue weighted by Crippen LogP contribution is 2.55. The monoisotopic (exact) mass is 285 g/mol. The molecule has 110 valence electrons. The lowest BCUT2D eigenvalue weighted by Crippen LogP contribution is -2.61. The third-order valence-electron chi connectivity index (χ3n) is 5.85. The molecule has 1 aromatic rings. The molecule has 2 fully saturated rings. The van der Waals surface area contributed by atoms with E-state index < -0.39 is 0 Å². The van der Waals surface area contributed by atoms with Gasteiger partial charge in [0.2, 0.25) is 6.41 Å². The maximum Gasteiger partial charge on any atom is 0.209 e. The molecule has 1 heterocycles. The molecule has 2 aliphatic carbocycles. The number of ketones is 1. The highest BCUT2D eigenvalue weighted by atomic mass is 16.3. The summed E-state index contributed by atoms with van der Waals surface area (Å²) in [5, 5.41) is 9.77. The number of hydrogen-bond acceptors (Lipinski definition) is 3. The Bertz CT molecular complexity index is 626. The Hall–Kier alpha value is -1.84. The molecule has 4 heteroatoms. The minimum absolute atomic E-state index is 0.110. The quantitative estimate of drug-likeness (QED) is 0.800. The molecule has 2 bridgehead atoms. The standard InChI is InChI=1S/C17H19NO3/c19-10-18-6-5-17-9-13(21)2-4-15(17)16(18)8-11-7-12(20)1-3-14(11)17/h1,3,7,10,15-16,20H,2,4-6,8-9H2/t15-,16+,17+/m0/s1. The van der Waals surface area contributed by atoms with Gasteiger partial charge in [0.25, 0.3) is 0 Å². The number of aromatic hydroxyl groups is 1. The Labute approximate surface area is 123 Å². The predicted octanol–water partition coefficient (Wildman–Crippen LogP) is 1.79. The Morgan fingerprint density at radius 3 is 3.05 bits per heavy atom. The summed E-state index contributed by atoms with van der Waals surface area (Å²) < 4.78 is 0. The number of phenolic OH excluding ortho intramolecular Hbond substituents is 1. The average molecular weight is 285 g/mol. The first kappa shape index (κ1) is 12.9. The van der Waals surface area contributed by atoms with E-state index in [9.17, 15) is 14.7 Å². The second-order valence-electron chi connectivity index (χ2n) is 6.72. The van der Waals surface area contributed by atoms with E-state index in [4.69, 9.17) is 0 Å². The van der Waals surface area contributed by atoms with Crippen molar-refractivity contribution in [3.8, 4) is 5.75 Å². The number of benzene rings is 1. The molecular weight excluding hydrogens is 266 g/mol. The molecule has 0 spiro atoms. The van der Waals surface area contributed by atoms with Crippen LogP contribution in [-0.4, -0.2) is 34.8 Å². The summed E-state index contributed by atoms with van der Waals surface area (Å²) in [7, 11) is 0. The van der Waals surface area contributed by atoms with Crippen LogP contribution in [0.1, 0.15) is 36.8 Å². The Morgan fingerprint density at radius 1 is 1.38 bits per heavy atom. The fourth-order valence-electron chi connectivity index (χ4n) is 5.00. The molecular formula is C17H19NO3. The van der Waals surface area contributed by atoms with E-state index in [1.165, 1.54) is 5.56 Å². The van der Waals surface area contributed by atoms with Crippen LogP contribution in [0.2, 0.25) is 0 Å². The third-order valence-corrected chi connectivity index (χ3v) is 5.85. The van der Waals surface area contributed by atoms with E-state index in [0.29, 0.717) is 24.5 Å². The van der Waals surface area contributed by atoms with Crippen molar-refractivity contribution < 1.29 is 14.7 Å². The van der Waals surface area contributed by atoms with Crippen molar-refractivity contribution in [3.63, 3.8) is 0 Å². The Kier molecular flexibility index (Phi) is 2.65. The number of fused-ring (bicyclic) bond motifs is 1. The number of nitrogens with zero attached hydrogens (tertiary/aromatic N) is 1. The van der Waals surface area contributed by atoms with Gasteiger partial charge in [-0.25, -0.2) is 0 Å². The van der Waals surface area contributed by atoms with Crippen molar-refractivity contribution >= 4 is 12.2 Å². The predicted molar refractivity (Wildman–Crippen MR) is 77.0 cm³/mol. The van der Waals surface area contributed by atoms with Crippen LogP contribution in [0.3, 0.4) is 0 Å². The number of Topliss-reactive ketones (excluding diaryl/α,β-unsaturated/α-hetero) is 1. The molecule has 4 rings (SSSR count). The molecule has 3 aliphatic rings. The van der Waals surface area contributed by atoms with E-state index in [-0.39, 0.29) is 17.2 Å². The fraction of sp³-hybridized carbons (Fsp3) is 0.529. The van der Waals surface area contributed by atoms with E-state index in [0.717, 1.165) is 37.8 Å². The van der Waals surface area contributed by atoms with E-state index in [1.54, 1.807) is 6.07 Å². The molecule has 1 amide bonds. The van der Waals surface area contributed by atoms with Crippen LogP contribution in [0.15, 0.2) is 18.2 Å². The van der Waals surface area contributed by atoms with Gasteiger partial charge in [0.05, 0.1) is 0 Å². The zero-order valence-corrected chi connectivity index (χ0v) is 11.9. The first-order valence-electron chi connectivity index (χ1n) is 7.69. The lowest BCUT2D eigenvalue weighted by atomic mass is 9.52. The van der Waals surface area contributed by atoms with E-state index >= 15 is 0 Å². The summed E-state index contributed by atoms with van der Waals surface area (Å²) in [6, 6.07) is 5.73. The molecule has 3 atom stereocenters. The van der Waals surface area contributed by atoms with Crippen LogP contribution in [-0.2, 0) is 21.4 Å². The molecule has 1 aromatic carbocycles. The van der Waals surface area contributed by atoms with Gasteiger partial charge >= 0.3 is 0 Å². The normalized spacial score (nSPS) is 34.1. The van der Waals surface area contributed by atoms with Gasteiger partial charge in [-0.05, 0) is 48.4 Å². The average Bonchev–Trinajstić information content (AvgIpc) is 2.46. The van der Waals surface area contributed by atoms with Crippen molar-refractivity contribution in [2.45, 2.75) is 43.6 Å². The topological polar surface area (TPSA) is 57.6 Å². The van der Waals surface area contributed by atoms with Crippen LogP contribution < -0.4 is 0 Å². The number of carbonyl (C=O) groups is 2. The summed E-state index contributed by atoms with van der Waals surface area (Å²) in [5.74, 6) is 0.984. The molecule has 1 saturated carbocycles. The van der Waals surface area contributed by atoms with Crippen LogP contribution in [0.25, 0.3) is 0 Å². The molecule has 0 unspecified atom stereocenters. The van der Waals surface area contributed by atoms with Crippen molar-refractivity contribution in [3.05, 3.63) is 29.3 Å². The molecule has 1 N–H and O–H groups in total. The summed E-state index contributed by atoms with van der Waals surface area (Å²) in [6.07, 6.45) is 4.73. The van der Waals surface area contributed by atoms with Gasteiger partial charge in [-0.3, -0.25) is 9.59 Å². The zero-order valence-electron chi connectivity index (χ0n) is 11.9. The summed E-state index contributed by atoms with van der Waals surface area (Å²) >= 11 is 0. The number of hydrogen-bond donors (Lipinski definition) is 1. The summed E-state index contributed by atoms with van der Waals surface area (Å²) in [6.45, 7) is 0.734. The highest BCUT2D eigenvalue weighted by molar-refractivity contribution is 5.81. The number of piperidine rings is 1. The maximum atomic E-state index is 12.1. The molecule has 1 aliphatic heterocycles. The largest absolute Gasteiger partial charge is 0.508 e. The number of carbonyl (C=O) groups excluding carboxylic acids is 2. The van der Waals surface area contributed by atoms with Gasteiger partial charge in [-0.15, -0.1) is 0 Å². The van der Waals surface area contributed by atoms with E-state index in [1.807, 2.05) is 17.0 Å². The van der Waals surface area contributed by atoms with Crippen molar-refractivity contribution in [1.29, 1.82) is 0 Å². The SMILES string of the molecule is O=CN1CC[C@]23CC(=O)CC[C@H]2[C@H]1Cc1cc(O)ccc13. The molecule has 0 radical (unpaired) electrons. The molecule has 21 heavy (non-hydrogen) atoms. The van der Waals surface area contributed by atoms with Gasteiger partial charge in [0.15, 0.2) is 0 Å². The van der Waals surface area contributed by atoms with E-state index in [2.05, 4.69) is 0 Å². The summed E-state index contributed by atoms with van der Waals surface area (Å²) in [4.78, 5) is 25.4. The highest BCUT2D eigenvalue weighted by Gasteiger charge is 2.55. The molecule has 0 aromatic heterocycles. The lowest BCUT2D eigenvalue weighted by Gasteiger charge is -2.57. The van der Waals surface area contributed by atoms with Crippen LogP contribution in [0.5, 0.6) is 5.75 Å².